The second kappa shape index (κ2) is 7.67. The monoisotopic (exact) mass is 396 g/mol. The Hall–Kier alpha value is -3.60. The molecular formula is C25H24N4O. The van der Waals surface area contributed by atoms with Crippen LogP contribution in [0.3, 0.4) is 0 Å². The summed E-state index contributed by atoms with van der Waals surface area (Å²) in [5, 5.41) is 9.70. The highest BCUT2D eigenvalue weighted by Crippen LogP contribution is 2.28. The number of hydrogen-bond acceptors (Lipinski definition) is 3. The zero-order valence-corrected chi connectivity index (χ0v) is 17.0. The van der Waals surface area contributed by atoms with Gasteiger partial charge in [0.1, 0.15) is 5.69 Å². The fourth-order valence-electron chi connectivity index (χ4n) is 4.11. The number of amides is 1. The largest absolute Gasteiger partial charge is 0.368 e. The van der Waals surface area contributed by atoms with Crippen LogP contribution in [0.25, 0.3) is 22.0 Å². The summed E-state index contributed by atoms with van der Waals surface area (Å²) in [6, 6.07) is 24.8. The number of carbonyl (C=O) groups is 1. The van der Waals surface area contributed by atoms with Gasteiger partial charge in [0.05, 0.1) is 5.69 Å². The standard InChI is InChI=1S/C25H24N4O/c1-18-9-11-20(12-10-18)28-13-15-29(16-14-28)25(30)24-17-23(26-27-24)22-8-4-6-19-5-2-3-7-21(19)22/h2-12,17H,13-16H2,1H3,(H,26,27). The van der Waals surface area contributed by atoms with Gasteiger partial charge in [-0.25, -0.2) is 0 Å². The van der Waals surface area contributed by atoms with Crippen LogP contribution in [-0.4, -0.2) is 47.2 Å². The van der Waals surface area contributed by atoms with E-state index < -0.39 is 0 Å². The third-order valence-electron chi connectivity index (χ3n) is 5.84. The zero-order valence-electron chi connectivity index (χ0n) is 17.0. The van der Waals surface area contributed by atoms with Crippen LogP contribution in [0.1, 0.15) is 16.1 Å². The highest BCUT2D eigenvalue weighted by molar-refractivity contribution is 5.98. The fourth-order valence-corrected chi connectivity index (χ4v) is 4.11. The molecule has 1 amide bonds. The van der Waals surface area contributed by atoms with E-state index in [1.807, 2.05) is 35.2 Å². The summed E-state index contributed by atoms with van der Waals surface area (Å²) < 4.78 is 0. The highest BCUT2D eigenvalue weighted by atomic mass is 16.2. The molecule has 2 heterocycles. The summed E-state index contributed by atoms with van der Waals surface area (Å²) in [5.74, 6) is 0.0116. The maximum atomic E-state index is 13.0. The number of aryl methyl sites for hydroxylation is 1. The normalized spacial score (nSPS) is 14.3. The molecule has 5 heteroatoms. The van der Waals surface area contributed by atoms with Crippen LogP contribution >= 0.6 is 0 Å². The van der Waals surface area contributed by atoms with Crippen LogP contribution in [0.15, 0.2) is 72.8 Å². The lowest BCUT2D eigenvalue weighted by Crippen LogP contribution is -2.48. The van der Waals surface area contributed by atoms with Crippen LogP contribution in [0, 0.1) is 6.92 Å². The Kier molecular flexibility index (Phi) is 4.71. The number of aromatic nitrogens is 2. The number of piperazine rings is 1. The van der Waals surface area contributed by atoms with Crippen molar-refractivity contribution in [2.75, 3.05) is 31.1 Å². The first-order valence-electron chi connectivity index (χ1n) is 10.3. The maximum Gasteiger partial charge on any atom is 0.272 e. The number of nitrogens with one attached hydrogen (secondary N) is 1. The second-order valence-electron chi connectivity index (χ2n) is 7.81. The molecule has 0 unspecified atom stereocenters. The Morgan fingerprint density at radius 3 is 2.43 bits per heavy atom. The van der Waals surface area contributed by atoms with Crippen molar-refractivity contribution in [1.82, 2.24) is 15.1 Å². The molecule has 150 valence electrons. The number of H-pyrrole nitrogens is 1. The van der Waals surface area contributed by atoms with E-state index in [-0.39, 0.29) is 5.91 Å². The number of carbonyl (C=O) groups excluding carboxylic acids is 1. The van der Waals surface area contributed by atoms with E-state index in [1.54, 1.807) is 0 Å². The van der Waals surface area contributed by atoms with Gasteiger partial charge in [-0.2, -0.15) is 5.10 Å². The number of hydrogen-bond donors (Lipinski definition) is 1. The molecule has 5 nitrogen and oxygen atoms in total. The van der Waals surface area contributed by atoms with E-state index >= 15 is 0 Å². The second-order valence-corrected chi connectivity index (χ2v) is 7.81. The Bertz CT molecular complexity index is 1180. The highest BCUT2D eigenvalue weighted by Gasteiger charge is 2.24. The molecule has 30 heavy (non-hydrogen) atoms. The third kappa shape index (κ3) is 3.43. The summed E-state index contributed by atoms with van der Waals surface area (Å²) >= 11 is 0. The topological polar surface area (TPSA) is 52.2 Å². The van der Waals surface area contributed by atoms with Gasteiger partial charge >= 0.3 is 0 Å². The molecule has 1 aliphatic rings. The molecule has 1 fully saturated rings. The smallest absolute Gasteiger partial charge is 0.272 e. The van der Waals surface area contributed by atoms with Crippen LogP contribution < -0.4 is 4.90 Å². The molecule has 1 N–H and O–H groups in total. The molecule has 4 aromatic rings. The predicted molar refractivity (Wildman–Crippen MR) is 121 cm³/mol. The lowest BCUT2D eigenvalue weighted by Gasteiger charge is -2.36. The molecule has 0 atom stereocenters. The molecule has 1 saturated heterocycles. The Morgan fingerprint density at radius 1 is 0.900 bits per heavy atom. The SMILES string of the molecule is Cc1ccc(N2CCN(C(=O)c3cc(-c4cccc5ccccc45)n[nH]3)CC2)cc1. The summed E-state index contributed by atoms with van der Waals surface area (Å²) in [4.78, 5) is 17.3. The number of fused-ring (bicyclic) bond motifs is 1. The number of aromatic amines is 1. The summed E-state index contributed by atoms with van der Waals surface area (Å²) in [6.45, 7) is 5.17. The predicted octanol–water partition coefficient (Wildman–Crippen LogP) is 4.50. The Labute approximate surface area is 175 Å². The Balaban J connectivity index is 1.31. The quantitative estimate of drug-likeness (QED) is 0.555. The van der Waals surface area contributed by atoms with Crippen molar-refractivity contribution in [3.63, 3.8) is 0 Å². The van der Waals surface area contributed by atoms with Crippen LogP contribution in [0.5, 0.6) is 0 Å². The van der Waals surface area contributed by atoms with Gasteiger partial charge in [0, 0.05) is 37.4 Å². The minimum absolute atomic E-state index is 0.0116. The van der Waals surface area contributed by atoms with Crippen molar-refractivity contribution < 1.29 is 4.79 Å². The van der Waals surface area contributed by atoms with Crippen LogP contribution in [-0.2, 0) is 0 Å². The van der Waals surface area contributed by atoms with Gasteiger partial charge in [0.15, 0.2) is 0 Å². The first kappa shape index (κ1) is 18.4. The molecular weight excluding hydrogens is 372 g/mol. The van der Waals surface area contributed by atoms with Crippen LogP contribution in [0.2, 0.25) is 0 Å². The van der Waals surface area contributed by atoms with Gasteiger partial charge in [-0.05, 0) is 35.9 Å². The number of nitrogens with zero attached hydrogens (tertiary/aromatic N) is 3. The van der Waals surface area contributed by atoms with Crippen molar-refractivity contribution >= 4 is 22.4 Å². The minimum atomic E-state index is 0.0116. The minimum Gasteiger partial charge on any atom is -0.368 e. The van der Waals surface area contributed by atoms with Crippen molar-refractivity contribution in [2.24, 2.45) is 0 Å². The molecule has 0 spiro atoms. The Morgan fingerprint density at radius 2 is 1.63 bits per heavy atom. The summed E-state index contributed by atoms with van der Waals surface area (Å²) in [6.07, 6.45) is 0. The maximum absolute atomic E-state index is 13.0. The van der Waals surface area contributed by atoms with Gasteiger partial charge in [-0.15, -0.1) is 0 Å². The summed E-state index contributed by atoms with van der Waals surface area (Å²) in [5.41, 5.74) is 4.85. The van der Waals surface area contributed by atoms with Crippen molar-refractivity contribution in [2.45, 2.75) is 6.92 Å². The molecule has 0 aliphatic carbocycles. The van der Waals surface area contributed by atoms with Gasteiger partial charge < -0.3 is 9.80 Å². The molecule has 0 bridgehead atoms. The first-order valence-corrected chi connectivity index (χ1v) is 10.3. The average molecular weight is 396 g/mol. The van der Waals surface area contributed by atoms with Gasteiger partial charge in [-0.3, -0.25) is 9.89 Å². The average Bonchev–Trinajstić information content (AvgIpc) is 3.29. The molecule has 1 aromatic heterocycles. The van der Waals surface area contributed by atoms with Crippen molar-refractivity contribution in [3.05, 3.63) is 84.1 Å². The number of anilines is 1. The fraction of sp³-hybridized carbons (Fsp3) is 0.200. The first-order chi connectivity index (χ1) is 14.7. The van der Waals surface area contributed by atoms with E-state index in [9.17, 15) is 4.79 Å². The molecule has 5 rings (SSSR count). The van der Waals surface area contributed by atoms with Gasteiger partial charge in [-0.1, -0.05) is 60.2 Å². The van der Waals surface area contributed by atoms with Crippen LogP contribution in [0.4, 0.5) is 5.69 Å². The third-order valence-corrected chi connectivity index (χ3v) is 5.84. The summed E-state index contributed by atoms with van der Waals surface area (Å²) in [7, 11) is 0. The van der Waals surface area contributed by atoms with Crippen molar-refractivity contribution in [3.8, 4) is 11.3 Å². The lowest BCUT2D eigenvalue weighted by molar-refractivity contribution is 0.0741. The molecule has 0 radical (unpaired) electrons. The van der Waals surface area contributed by atoms with E-state index in [0.29, 0.717) is 18.8 Å². The number of benzene rings is 3. The van der Waals surface area contributed by atoms with E-state index in [1.165, 1.54) is 11.3 Å². The van der Waals surface area contributed by atoms with Crippen molar-refractivity contribution in [1.29, 1.82) is 0 Å². The zero-order chi connectivity index (χ0) is 20.5. The van der Waals surface area contributed by atoms with E-state index in [0.717, 1.165) is 35.1 Å². The number of rotatable bonds is 3. The molecule has 1 aliphatic heterocycles. The van der Waals surface area contributed by atoms with Gasteiger partial charge in [0.2, 0.25) is 0 Å². The van der Waals surface area contributed by atoms with E-state index in [4.69, 9.17) is 0 Å². The van der Waals surface area contributed by atoms with Gasteiger partial charge in [0.25, 0.3) is 5.91 Å². The van der Waals surface area contributed by atoms with E-state index in [2.05, 4.69) is 64.5 Å². The molecule has 0 saturated carbocycles. The lowest BCUT2D eigenvalue weighted by atomic mass is 10.0. The molecule has 3 aromatic carbocycles.